The highest BCUT2D eigenvalue weighted by molar-refractivity contribution is 5.86. The number of hydrogen-bond donors (Lipinski definition) is 1. The highest BCUT2D eigenvalue weighted by atomic mass is 16.5. The van der Waals surface area contributed by atoms with Gasteiger partial charge in [0.05, 0.1) is 31.6 Å². The molecule has 0 bridgehead atoms. The van der Waals surface area contributed by atoms with Crippen molar-refractivity contribution < 1.29 is 14.3 Å². The topological polar surface area (TPSA) is 73.3 Å². The molecular weight excluding hydrogens is 234 g/mol. The number of methoxy groups -OCH3 is 2. The molecule has 1 N–H and O–H groups in total. The molecule has 6 nitrogen and oxygen atoms in total. The Morgan fingerprint density at radius 1 is 1.33 bits per heavy atom. The van der Waals surface area contributed by atoms with Crippen molar-refractivity contribution in [3.8, 4) is 0 Å². The smallest absolute Gasteiger partial charge is 0.358 e. The number of rotatable bonds is 4. The Morgan fingerprint density at radius 2 is 2.17 bits per heavy atom. The van der Waals surface area contributed by atoms with Gasteiger partial charge in [-0.25, -0.2) is 14.8 Å². The van der Waals surface area contributed by atoms with Crippen molar-refractivity contribution in [1.29, 1.82) is 0 Å². The van der Waals surface area contributed by atoms with Gasteiger partial charge < -0.3 is 14.8 Å². The summed E-state index contributed by atoms with van der Waals surface area (Å²) in [5.41, 5.74) is 0.206. The molecule has 6 heteroatoms. The van der Waals surface area contributed by atoms with Crippen LogP contribution in [0.5, 0.6) is 0 Å². The molecule has 2 rings (SSSR count). The van der Waals surface area contributed by atoms with E-state index in [4.69, 9.17) is 4.74 Å². The maximum absolute atomic E-state index is 11.2. The maximum atomic E-state index is 11.2. The van der Waals surface area contributed by atoms with Crippen LogP contribution in [-0.2, 0) is 9.47 Å². The average molecular weight is 251 g/mol. The highest BCUT2D eigenvalue weighted by Gasteiger charge is 2.27. The summed E-state index contributed by atoms with van der Waals surface area (Å²) in [7, 11) is 3.04. The van der Waals surface area contributed by atoms with Crippen LogP contribution in [0, 0.1) is 0 Å². The van der Waals surface area contributed by atoms with Crippen molar-refractivity contribution in [2.45, 2.75) is 31.4 Å². The third kappa shape index (κ3) is 2.76. The molecule has 0 spiro atoms. The fraction of sp³-hybridized carbons (Fsp3) is 0.583. The van der Waals surface area contributed by atoms with Crippen LogP contribution < -0.4 is 5.32 Å². The molecule has 1 fully saturated rings. The molecule has 1 aromatic heterocycles. The molecule has 1 heterocycles. The lowest BCUT2D eigenvalue weighted by atomic mass is 10.2. The summed E-state index contributed by atoms with van der Waals surface area (Å²) in [4.78, 5) is 19.4. The van der Waals surface area contributed by atoms with Gasteiger partial charge in [0.2, 0.25) is 0 Å². The first kappa shape index (κ1) is 12.8. The van der Waals surface area contributed by atoms with Gasteiger partial charge in [-0.1, -0.05) is 0 Å². The summed E-state index contributed by atoms with van der Waals surface area (Å²) in [5.74, 6) is 0.168. The Hall–Kier alpha value is -1.69. The van der Waals surface area contributed by atoms with Crippen LogP contribution in [0.15, 0.2) is 12.4 Å². The first-order valence-corrected chi connectivity index (χ1v) is 5.94. The van der Waals surface area contributed by atoms with Crippen molar-refractivity contribution in [2.75, 3.05) is 19.5 Å². The largest absolute Gasteiger partial charge is 0.464 e. The van der Waals surface area contributed by atoms with Crippen LogP contribution in [-0.4, -0.2) is 42.3 Å². The van der Waals surface area contributed by atoms with Crippen molar-refractivity contribution in [3.63, 3.8) is 0 Å². The fourth-order valence-corrected chi connectivity index (χ4v) is 2.18. The lowest BCUT2D eigenvalue weighted by molar-refractivity contribution is 0.0593. The molecule has 0 saturated heterocycles. The van der Waals surface area contributed by atoms with Crippen LogP contribution in [0.4, 0.5) is 5.82 Å². The molecule has 0 radical (unpaired) electrons. The molecule has 0 amide bonds. The van der Waals surface area contributed by atoms with E-state index in [2.05, 4.69) is 20.0 Å². The number of esters is 1. The molecule has 0 aliphatic heterocycles. The molecule has 18 heavy (non-hydrogen) atoms. The second-order valence-corrected chi connectivity index (χ2v) is 4.23. The summed E-state index contributed by atoms with van der Waals surface area (Å²) in [6, 6.07) is 0.258. The molecule has 98 valence electrons. The van der Waals surface area contributed by atoms with Gasteiger partial charge in [0.25, 0.3) is 0 Å². The number of nitrogens with one attached hydrogen (secondary N) is 1. The summed E-state index contributed by atoms with van der Waals surface area (Å²) >= 11 is 0. The second-order valence-electron chi connectivity index (χ2n) is 4.23. The number of hydrogen-bond acceptors (Lipinski definition) is 6. The standard InChI is InChI=1S/C12H17N3O3/c1-17-10-5-3-4-8(10)15-11-7-13-9(6-14-11)12(16)18-2/h6-8,10H,3-5H2,1-2H3,(H,14,15). The Labute approximate surface area is 106 Å². The minimum absolute atomic E-state index is 0.206. The molecule has 2 atom stereocenters. The third-order valence-corrected chi connectivity index (χ3v) is 3.13. The predicted molar refractivity (Wildman–Crippen MR) is 65.4 cm³/mol. The van der Waals surface area contributed by atoms with Gasteiger partial charge in [-0.15, -0.1) is 0 Å². The number of nitrogens with zero attached hydrogens (tertiary/aromatic N) is 2. The Balaban J connectivity index is 2.00. The zero-order valence-corrected chi connectivity index (χ0v) is 10.5. The minimum atomic E-state index is -0.482. The molecule has 1 saturated carbocycles. The lowest BCUT2D eigenvalue weighted by Crippen LogP contribution is -2.30. The minimum Gasteiger partial charge on any atom is -0.464 e. The van der Waals surface area contributed by atoms with Crippen molar-refractivity contribution >= 4 is 11.8 Å². The summed E-state index contributed by atoms with van der Waals surface area (Å²) in [6.45, 7) is 0. The molecular formula is C12H17N3O3. The molecule has 2 unspecified atom stereocenters. The van der Waals surface area contributed by atoms with Gasteiger partial charge in [-0.2, -0.15) is 0 Å². The number of ether oxygens (including phenoxy) is 2. The second kappa shape index (κ2) is 5.77. The van der Waals surface area contributed by atoms with E-state index in [1.807, 2.05) is 0 Å². The van der Waals surface area contributed by atoms with Crippen LogP contribution >= 0.6 is 0 Å². The zero-order chi connectivity index (χ0) is 13.0. The highest BCUT2D eigenvalue weighted by Crippen LogP contribution is 2.24. The van der Waals surface area contributed by atoms with E-state index in [0.717, 1.165) is 19.3 Å². The third-order valence-electron chi connectivity index (χ3n) is 3.13. The first-order valence-electron chi connectivity index (χ1n) is 5.94. The average Bonchev–Trinajstić information content (AvgIpc) is 2.86. The number of carbonyl (C=O) groups excluding carboxylic acids is 1. The van der Waals surface area contributed by atoms with E-state index in [-0.39, 0.29) is 17.8 Å². The van der Waals surface area contributed by atoms with Gasteiger partial charge in [-0.3, -0.25) is 0 Å². The normalized spacial score (nSPS) is 22.8. The zero-order valence-electron chi connectivity index (χ0n) is 10.5. The van der Waals surface area contributed by atoms with Crippen LogP contribution in [0.1, 0.15) is 29.8 Å². The Kier molecular flexibility index (Phi) is 4.09. The van der Waals surface area contributed by atoms with Crippen LogP contribution in [0.2, 0.25) is 0 Å². The van der Waals surface area contributed by atoms with Gasteiger partial charge in [0.15, 0.2) is 5.69 Å². The molecule has 0 aromatic carbocycles. The van der Waals surface area contributed by atoms with E-state index in [1.165, 1.54) is 19.5 Å². The number of anilines is 1. The lowest BCUT2D eigenvalue weighted by Gasteiger charge is -2.19. The van der Waals surface area contributed by atoms with Gasteiger partial charge in [-0.05, 0) is 19.3 Å². The predicted octanol–water partition coefficient (Wildman–Crippen LogP) is 1.24. The van der Waals surface area contributed by atoms with E-state index < -0.39 is 5.97 Å². The number of aromatic nitrogens is 2. The Bertz CT molecular complexity index is 408. The van der Waals surface area contributed by atoms with E-state index in [0.29, 0.717) is 5.82 Å². The first-order chi connectivity index (χ1) is 8.74. The van der Waals surface area contributed by atoms with Crippen molar-refractivity contribution in [3.05, 3.63) is 18.1 Å². The van der Waals surface area contributed by atoms with Gasteiger partial charge in [0.1, 0.15) is 5.82 Å². The van der Waals surface area contributed by atoms with E-state index >= 15 is 0 Å². The van der Waals surface area contributed by atoms with Gasteiger partial charge in [0, 0.05) is 7.11 Å². The van der Waals surface area contributed by atoms with Crippen molar-refractivity contribution in [1.82, 2.24) is 9.97 Å². The quantitative estimate of drug-likeness (QED) is 0.812. The van der Waals surface area contributed by atoms with E-state index in [1.54, 1.807) is 7.11 Å². The monoisotopic (exact) mass is 251 g/mol. The molecule has 1 aliphatic rings. The summed E-state index contributed by atoms with van der Waals surface area (Å²) in [5, 5.41) is 3.28. The van der Waals surface area contributed by atoms with Crippen LogP contribution in [0.3, 0.4) is 0 Å². The van der Waals surface area contributed by atoms with Crippen LogP contribution in [0.25, 0.3) is 0 Å². The van der Waals surface area contributed by atoms with E-state index in [9.17, 15) is 4.79 Å². The maximum Gasteiger partial charge on any atom is 0.358 e. The van der Waals surface area contributed by atoms with Crippen molar-refractivity contribution in [2.24, 2.45) is 0 Å². The van der Waals surface area contributed by atoms with Gasteiger partial charge >= 0.3 is 5.97 Å². The SMILES string of the molecule is COC(=O)c1cnc(NC2CCCC2OC)cn1. The molecule has 1 aliphatic carbocycles. The summed E-state index contributed by atoms with van der Waals surface area (Å²) < 4.78 is 9.95. The number of carbonyl (C=O) groups is 1. The Morgan fingerprint density at radius 3 is 2.78 bits per heavy atom. The fourth-order valence-electron chi connectivity index (χ4n) is 2.18. The summed E-state index contributed by atoms with van der Waals surface area (Å²) in [6.07, 6.45) is 6.42. The molecule has 1 aromatic rings.